The number of carboxylic acids is 1. The lowest BCUT2D eigenvalue weighted by Gasteiger charge is -2.37. The number of carbonyl (C=O) groups is 3. The van der Waals surface area contributed by atoms with E-state index in [1.807, 2.05) is 0 Å². The van der Waals surface area contributed by atoms with Gasteiger partial charge in [0, 0.05) is 0 Å². The Morgan fingerprint density at radius 3 is 2.11 bits per heavy atom. The summed E-state index contributed by atoms with van der Waals surface area (Å²) >= 11 is 0. The highest BCUT2D eigenvalue weighted by molar-refractivity contribution is 6.08. The van der Waals surface area contributed by atoms with Crippen molar-refractivity contribution in [3.8, 4) is 0 Å². The molecule has 2 bridgehead atoms. The smallest absolute Gasteiger partial charge is 0.326 e. The van der Waals surface area contributed by atoms with Crippen LogP contribution in [0.1, 0.15) is 13.3 Å². The number of carbonyl (C=O) groups excluding carboxylic acids is 2. The first-order chi connectivity index (χ1) is 9.02. The molecule has 0 radical (unpaired) electrons. The summed E-state index contributed by atoms with van der Waals surface area (Å²) in [6, 6.07) is -1.05. The molecule has 2 amide bonds. The topological polar surface area (TPSA) is 74.7 Å². The van der Waals surface area contributed by atoms with Gasteiger partial charge in [-0.1, -0.05) is 12.2 Å². The van der Waals surface area contributed by atoms with E-state index in [2.05, 4.69) is 12.2 Å². The molecule has 0 aromatic heterocycles. The zero-order valence-electron chi connectivity index (χ0n) is 10.5. The van der Waals surface area contributed by atoms with Gasteiger partial charge in [0.25, 0.3) is 0 Å². The number of carboxylic acid groups (broad SMARTS) is 1. The SMILES string of the molecule is C[C@@H](C(=O)O)N1C(=O)[C@H]2[C@@H]3C=C[C@H]([C@@H]4C[C@H]34)[C@@H]2C1=O. The minimum atomic E-state index is -1.12. The molecule has 4 aliphatic carbocycles. The Labute approximate surface area is 110 Å². The van der Waals surface area contributed by atoms with Crippen molar-refractivity contribution in [2.45, 2.75) is 19.4 Å². The zero-order valence-corrected chi connectivity index (χ0v) is 10.5. The molecule has 3 fully saturated rings. The van der Waals surface area contributed by atoms with Crippen molar-refractivity contribution in [3.05, 3.63) is 12.2 Å². The lowest BCUT2D eigenvalue weighted by Crippen LogP contribution is -2.43. The molecule has 5 nitrogen and oxygen atoms in total. The maximum absolute atomic E-state index is 12.5. The van der Waals surface area contributed by atoms with Crippen LogP contribution in [-0.4, -0.2) is 33.8 Å². The van der Waals surface area contributed by atoms with Crippen molar-refractivity contribution in [2.24, 2.45) is 35.5 Å². The summed E-state index contributed by atoms with van der Waals surface area (Å²) in [4.78, 5) is 37.0. The van der Waals surface area contributed by atoms with Crippen molar-refractivity contribution in [1.29, 1.82) is 0 Å². The van der Waals surface area contributed by atoms with E-state index in [0.717, 1.165) is 11.3 Å². The summed E-state index contributed by atoms with van der Waals surface area (Å²) in [6.45, 7) is 1.41. The zero-order chi connectivity index (χ0) is 13.5. The Bertz CT molecular complexity index is 504. The van der Waals surface area contributed by atoms with Crippen LogP contribution in [0.4, 0.5) is 0 Å². The normalized spacial score (nSPS) is 47.1. The minimum Gasteiger partial charge on any atom is -0.480 e. The van der Waals surface area contributed by atoms with Crippen LogP contribution in [0.2, 0.25) is 0 Å². The number of aliphatic carboxylic acids is 1. The fourth-order valence-corrected chi connectivity index (χ4v) is 4.47. The second-order valence-electron chi connectivity index (χ2n) is 6.22. The molecule has 0 unspecified atom stereocenters. The van der Waals surface area contributed by atoms with Gasteiger partial charge in [-0.3, -0.25) is 14.5 Å². The number of hydrogen-bond acceptors (Lipinski definition) is 3. The highest BCUT2D eigenvalue weighted by Gasteiger charge is 2.67. The number of nitrogens with zero attached hydrogens (tertiary/aromatic N) is 1. The molecular weight excluding hydrogens is 246 g/mol. The maximum Gasteiger partial charge on any atom is 0.326 e. The maximum atomic E-state index is 12.5. The number of hydrogen-bond donors (Lipinski definition) is 1. The number of amides is 2. The lowest BCUT2D eigenvalue weighted by atomic mass is 9.63. The molecular formula is C14H15NO4. The van der Waals surface area contributed by atoms with Crippen LogP contribution >= 0.6 is 0 Å². The van der Waals surface area contributed by atoms with Gasteiger partial charge in [-0.25, -0.2) is 4.79 Å². The second-order valence-corrected chi connectivity index (χ2v) is 6.22. The summed E-state index contributed by atoms with van der Waals surface area (Å²) in [5, 5.41) is 9.06. The van der Waals surface area contributed by atoms with E-state index in [4.69, 9.17) is 5.11 Å². The first-order valence-corrected chi connectivity index (χ1v) is 6.80. The van der Waals surface area contributed by atoms with E-state index in [1.165, 1.54) is 6.92 Å². The van der Waals surface area contributed by atoms with Crippen LogP contribution in [0.25, 0.3) is 0 Å². The molecule has 2 saturated carbocycles. The number of likely N-dealkylation sites (tertiary alicyclic amines) is 1. The fraction of sp³-hybridized carbons (Fsp3) is 0.643. The van der Waals surface area contributed by atoms with Crippen LogP contribution in [-0.2, 0) is 14.4 Å². The van der Waals surface area contributed by atoms with Crippen LogP contribution in [0.15, 0.2) is 12.2 Å². The van der Waals surface area contributed by atoms with Crippen LogP contribution in [0.5, 0.6) is 0 Å². The van der Waals surface area contributed by atoms with E-state index in [9.17, 15) is 14.4 Å². The van der Waals surface area contributed by atoms with Gasteiger partial charge >= 0.3 is 5.97 Å². The van der Waals surface area contributed by atoms with Crippen LogP contribution in [0.3, 0.4) is 0 Å². The highest BCUT2D eigenvalue weighted by Crippen LogP contribution is 2.65. The first-order valence-electron chi connectivity index (χ1n) is 6.80. The molecule has 5 rings (SSSR count). The summed E-state index contributed by atoms with van der Waals surface area (Å²) in [5.41, 5.74) is 0. The van der Waals surface area contributed by atoms with E-state index in [-0.39, 0.29) is 35.5 Å². The van der Waals surface area contributed by atoms with Gasteiger partial charge in [-0.2, -0.15) is 0 Å². The summed E-state index contributed by atoms with van der Waals surface area (Å²) in [7, 11) is 0. The highest BCUT2D eigenvalue weighted by atomic mass is 16.4. The minimum absolute atomic E-state index is 0.155. The Hall–Kier alpha value is -1.65. The van der Waals surface area contributed by atoms with E-state index in [0.29, 0.717) is 11.8 Å². The van der Waals surface area contributed by atoms with Crippen molar-refractivity contribution < 1.29 is 19.5 Å². The Kier molecular flexibility index (Phi) is 1.92. The molecule has 1 N–H and O–H groups in total. The average Bonchev–Trinajstić information content (AvgIpc) is 3.14. The molecule has 1 heterocycles. The monoisotopic (exact) mass is 261 g/mol. The third kappa shape index (κ3) is 1.18. The Morgan fingerprint density at radius 2 is 1.68 bits per heavy atom. The van der Waals surface area contributed by atoms with E-state index >= 15 is 0 Å². The second kappa shape index (κ2) is 3.26. The molecule has 7 atom stereocenters. The van der Waals surface area contributed by atoms with Gasteiger partial charge in [-0.05, 0) is 37.0 Å². The van der Waals surface area contributed by atoms with Crippen LogP contribution in [0, 0.1) is 35.5 Å². The van der Waals surface area contributed by atoms with Gasteiger partial charge in [0.05, 0.1) is 11.8 Å². The molecule has 5 aliphatic rings. The van der Waals surface area contributed by atoms with Crippen molar-refractivity contribution in [2.75, 3.05) is 0 Å². The van der Waals surface area contributed by atoms with E-state index < -0.39 is 12.0 Å². The van der Waals surface area contributed by atoms with Crippen LogP contribution < -0.4 is 0 Å². The summed E-state index contributed by atoms with van der Waals surface area (Å²) < 4.78 is 0. The molecule has 1 saturated heterocycles. The van der Waals surface area contributed by atoms with Crippen molar-refractivity contribution in [3.63, 3.8) is 0 Å². The molecule has 19 heavy (non-hydrogen) atoms. The number of rotatable bonds is 2. The fourth-order valence-electron chi connectivity index (χ4n) is 4.47. The van der Waals surface area contributed by atoms with Gasteiger partial charge in [0.1, 0.15) is 6.04 Å². The Balaban J connectivity index is 1.74. The predicted molar refractivity (Wildman–Crippen MR) is 63.6 cm³/mol. The lowest BCUT2D eigenvalue weighted by molar-refractivity contribution is -0.154. The molecule has 1 aliphatic heterocycles. The van der Waals surface area contributed by atoms with Gasteiger partial charge in [-0.15, -0.1) is 0 Å². The summed E-state index contributed by atoms with van der Waals surface area (Å²) in [6.07, 6.45) is 5.28. The molecule has 5 heteroatoms. The standard InChI is InChI=1S/C14H15NO4/c1-5(14(18)19)15-12(16)10-6-2-3-7(9-4-8(6)9)11(10)13(15)17/h2-3,5-11H,4H2,1H3,(H,18,19)/t5-,6+,7+,8-,9+,10-,11-/m0/s1. The van der Waals surface area contributed by atoms with Crippen molar-refractivity contribution in [1.82, 2.24) is 4.90 Å². The van der Waals surface area contributed by atoms with Gasteiger partial charge in [0.15, 0.2) is 0 Å². The summed E-state index contributed by atoms with van der Waals surface area (Å²) in [5.74, 6) is -0.845. The average molecular weight is 261 g/mol. The predicted octanol–water partition coefficient (Wildman–Crippen LogP) is 0.513. The third-order valence-electron chi connectivity index (χ3n) is 5.44. The largest absolute Gasteiger partial charge is 0.480 e. The molecule has 0 aromatic rings. The number of allylic oxidation sites excluding steroid dienone is 2. The molecule has 0 aromatic carbocycles. The number of imide groups is 1. The first kappa shape index (κ1) is 11.2. The Morgan fingerprint density at radius 1 is 1.21 bits per heavy atom. The molecule has 0 spiro atoms. The molecule has 100 valence electrons. The third-order valence-corrected chi connectivity index (χ3v) is 5.44. The van der Waals surface area contributed by atoms with E-state index in [1.54, 1.807) is 0 Å². The quantitative estimate of drug-likeness (QED) is 0.580. The van der Waals surface area contributed by atoms with Crippen molar-refractivity contribution >= 4 is 17.8 Å². The van der Waals surface area contributed by atoms with Gasteiger partial charge < -0.3 is 5.11 Å². The van der Waals surface area contributed by atoms with Gasteiger partial charge in [0.2, 0.25) is 11.8 Å².